The normalized spacial score (nSPS) is 11.4. The van der Waals surface area contributed by atoms with Crippen LogP contribution in [0.1, 0.15) is 39.2 Å². The third-order valence-electron chi connectivity index (χ3n) is 3.74. The van der Waals surface area contributed by atoms with Crippen LogP contribution in [0.2, 0.25) is 0 Å². The maximum absolute atomic E-state index is 12.3. The van der Waals surface area contributed by atoms with E-state index in [0.717, 1.165) is 16.2 Å². The van der Waals surface area contributed by atoms with Gasteiger partial charge in [0.2, 0.25) is 5.01 Å². The quantitative estimate of drug-likeness (QED) is 0.799. The van der Waals surface area contributed by atoms with Gasteiger partial charge in [-0.25, -0.2) is 9.50 Å². The number of allylic oxidation sites excluding steroid dienone is 1. The molecular formula is C17H18N4OS. The number of amides is 1. The number of nitrogens with one attached hydrogen (secondary N) is 1. The third kappa shape index (κ3) is 3.03. The summed E-state index contributed by atoms with van der Waals surface area (Å²) in [5.41, 5.74) is 3.46. The highest BCUT2D eigenvalue weighted by Crippen LogP contribution is 2.17. The molecule has 0 aliphatic carbocycles. The van der Waals surface area contributed by atoms with Gasteiger partial charge in [0.1, 0.15) is 10.7 Å². The van der Waals surface area contributed by atoms with Gasteiger partial charge in [0, 0.05) is 6.54 Å². The summed E-state index contributed by atoms with van der Waals surface area (Å²) in [7, 11) is 0. The Hall–Kier alpha value is -2.47. The van der Waals surface area contributed by atoms with Crippen LogP contribution in [0.4, 0.5) is 0 Å². The number of rotatable bonds is 4. The maximum atomic E-state index is 12.3. The summed E-state index contributed by atoms with van der Waals surface area (Å²) in [6.45, 7) is 6.42. The van der Waals surface area contributed by atoms with Crippen molar-refractivity contribution in [3.8, 4) is 0 Å². The van der Waals surface area contributed by atoms with Crippen molar-refractivity contribution in [2.24, 2.45) is 0 Å². The number of carbonyl (C=O) groups excluding carboxylic acids is 1. The lowest BCUT2D eigenvalue weighted by Crippen LogP contribution is -2.23. The summed E-state index contributed by atoms with van der Waals surface area (Å²) in [6, 6.07) is 6.11. The first-order valence-corrected chi connectivity index (χ1v) is 8.22. The van der Waals surface area contributed by atoms with Crippen LogP contribution in [0.5, 0.6) is 0 Å². The summed E-state index contributed by atoms with van der Waals surface area (Å²) in [5, 5.41) is 7.70. The maximum Gasteiger partial charge on any atom is 0.282 e. The number of hydrogen-bond acceptors (Lipinski definition) is 4. The minimum atomic E-state index is -0.158. The van der Waals surface area contributed by atoms with E-state index < -0.39 is 0 Å². The van der Waals surface area contributed by atoms with E-state index in [2.05, 4.69) is 34.5 Å². The van der Waals surface area contributed by atoms with Crippen molar-refractivity contribution in [2.45, 2.75) is 27.3 Å². The van der Waals surface area contributed by atoms with Gasteiger partial charge in [-0.15, -0.1) is 5.10 Å². The van der Waals surface area contributed by atoms with Crippen LogP contribution in [0, 0.1) is 13.8 Å². The Bertz CT molecular complexity index is 891. The molecule has 23 heavy (non-hydrogen) atoms. The number of nitrogens with zero attached hydrogens (tertiary/aromatic N) is 3. The van der Waals surface area contributed by atoms with E-state index in [1.54, 1.807) is 10.7 Å². The summed E-state index contributed by atoms with van der Waals surface area (Å²) in [5.74, 6) is 0.624. The van der Waals surface area contributed by atoms with Crippen molar-refractivity contribution >= 4 is 28.2 Å². The van der Waals surface area contributed by atoms with Gasteiger partial charge in [-0.2, -0.15) is 0 Å². The minimum Gasteiger partial charge on any atom is -0.346 e. The van der Waals surface area contributed by atoms with Gasteiger partial charge in [-0.1, -0.05) is 41.7 Å². The van der Waals surface area contributed by atoms with Crippen molar-refractivity contribution < 1.29 is 4.79 Å². The van der Waals surface area contributed by atoms with Crippen LogP contribution < -0.4 is 5.32 Å². The fraction of sp³-hybridized carbons (Fsp3) is 0.235. The smallest absolute Gasteiger partial charge is 0.282 e. The number of aromatic nitrogens is 3. The average molecular weight is 326 g/mol. The number of carbonyl (C=O) groups is 1. The molecule has 0 aliphatic rings. The highest BCUT2D eigenvalue weighted by Gasteiger charge is 2.14. The predicted molar refractivity (Wildman–Crippen MR) is 92.7 cm³/mol. The van der Waals surface area contributed by atoms with Crippen LogP contribution >= 0.6 is 11.3 Å². The molecule has 1 N–H and O–H groups in total. The van der Waals surface area contributed by atoms with Crippen molar-refractivity contribution in [1.82, 2.24) is 19.9 Å². The zero-order chi connectivity index (χ0) is 16.4. The molecule has 0 radical (unpaired) electrons. The first-order chi connectivity index (χ1) is 11.1. The van der Waals surface area contributed by atoms with E-state index in [9.17, 15) is 4.79 Å². The highest BCUT2D eigenvalue weighted by atomic mass is 32.1. The number of hydrogen-bond donors (Lipinski definition) is 1. The van der Waals surface area contributed by atoms with Gasteiger partial charge in [0.15, 0.2) is 0 Å². The summed E-state index contributed by atoms with van der Waals surface area (Å²) < 4.78 is 1.69. The minimum absolute atomic E-state index is 0.158. The lowest BCUT2D eigenvalue weighted by Gasteiger charge is -2.09. The Labute approximate surface area is 138 Å². The Morgan fingerprint density at radius 1 is 1.39 bits per heavy atom. The molecule has 0 fully saturated rings. The number of fused-ring (bicyclic) bond motifs is 1. The first-order valence-electron chi connectivity index (χ1n) is 7.40. The van der Waals surface area contributed by atoms with E-state index in [-0.39, 0.29) is 5.91 Å². The van der Waals surface area contributed by atoms with Crippen LogP contribution in [0.15, 0.2) is 30.5 Å². The third-order valence-corrected chi connectivity index (χ3v) is 4.68. The van der Waals surface area contributed by atoms with E-state index in [1.807, 2.05) is 32.1 Å². The molecule has 0 bridgehead atoms. The predicted octanol–water partition coefficient (Wildman–Crippen LogP) is 3.37. The lowest BCUT2D eigenvalue weighted by molar-refractivity contribution is 0.0949. The summed E-state index contributed by atoms with van der Waals surface area (Å²) in [6.07, 6.45) is 5.81. The molecule has 0 spiro atoms. The van der Waals surface area contributed by atoms with Gasteiger partial charge in [-0.3, -0.25) is 4.79 Å². The molecule has 3 rings (SSSR count). The van der Waals surface area contributed by atoms with Crippen molar-refractivity contribution in [1.29, 1.82) is 0 Å². The molecule has 2 heterocycles. The Morgan fingerprint density at radius 3 is 2.96 bits per heavy atom. The van der Waals surface area contributed by atoms with Crippen molar-refractivity contribution in [3.63, 3.8) is 0 Å². The Balaban J connectivity index is 1.75. The number of aryl methyl sites for hydroxylation is 1. The fourth-order valence-electron chi connectivity index (χ4n) is 2.42. The van der Waals surface area contributed by atoms with Gasteiger partial charge in [0.25, 0.3) is 5.91 Å². The van der Waals surface area contributed by atoms with Gasteiger partial charge in [-0.05, 0) is 37.5 Å². The number of imidazole rings is 1. The molecule has 0 unspecified atom stereocenters. The van der Waals surface area contributed by atoms with Crippen LogP contribution in [-0.2, 0) is 6.54 Å². The lowest BCUT2D eigenvalue weighted by atomic mass is 10.0. The van der Waals surface area contributed by atoms with E-state index in [0.29, 0.717) is 11.6 Å². The second-order valence-corrected chi connectivity index (χ2v) is 6.29. The largest absolute Gasteiger partial charge is 0.346 e. The molecule has 5 nitrogen and oxygen atoms in total. The zero-order valence-corrected chi connectivity index (χ0v) is 14.1. The molecule has 0 saturated carbocycles. The van der Waals surface area contributed by atoms with Gasteiger partial charge < -0.3 is 5.32 Å². The molecule has 3 aromatic rings. The first kappa shape index (κ1) is 15.4. The topological polar surface area (TPSA) is 59.3 Å². The molecule has 0 aliphatic heterocycles. The van der Waals surface area contributed by atoms with Gasteiger partial charge in [0.05, 0.1) is 6.20 Å². The van der Waals surface area contributed by atoms with Crippen LogP contribution in [-0.4, -0.2) is 20.5 Å². The molecule has 0 atom stereocenters. The Kier molecular flexibility index (Phi) is 4.25. The second kappa shape index (κ2) is 6.34. The van der Waals surface area contributed by atoms with E-state index >= 15 is 0 Å². The molecule has 0 saturated heterocycles. The molecule has 118 valence electrons. The molecular weight excluding hydrogens is 308 g/mol. The molecule has 1 amide bonds. The average Bonchev–Trinajstić information content (AvgIpc) is 3.11. The SMILES string of the molecule is CC=Cc1cccc(CNC(=O)c2nn3c(C)ncc3s2)c1C. The van der Waals surface area contributed by atoms with Crippen LogP contribution in [0.3, 0.4) is 0 Å². The number of benzene rings is 1. The molecule has 2 aromatic heterocycles. The fourth-order valence-corrected chi connectivity index (χ4v) is 3.27. The van der Waals surface area contributed by atoms with E-state index in [4.69, 9.17) is 0 Å². The van der Waals surface area contributed by atoms with E-state index in [1.165, 1.54) is 22.5 Å². The van der Waals surface area contributed by atoms with Gasteiger partial charge >= 0.3 is 0 Å². The van der Waals surface area contributed by atoms with Crippen molar-refractivity contribution in [2.75, 3.05) is 0 Å². The molecule has 6 heteroatoms. The zero-order valence-electron chi connectivity index (χ0n) is 13.3. The molecule has 1 aromatic carbocycles. The monoisotopic (exact) mass is 326 g/mol. The summed E-state index contributed by atoms with van der Waals surface area (Å²) >= 11 is 1.34. The standard InChI is InChI=1S/C17H18N4OS/c1-4-6-13-7-5-8-14(11(13)2)9-19-16(22)17-20-21-12(3)18-10-15(21)23-17/h4-8,10H,9H2,1-3H3,(H,19,22). The highest BCUT2D eigenvalue weighted by molar-refractivity contribution is 7.18. The van der Waals surface area contributed by atoms with Crippen LogP contribution in [0.25, 0.3) is 10.9 Å². The summed E-state index contributed by atoms with van der Waals surface area (Å²) in [4.78, 5) is 17.3. The van der Waals surface area contributed by atoms with Crippen molar-refractivity contribution in [3.05, 3.63) is 58.0 Å². The second-order valence-electron chi connectivity index (χ2n) is 5.28. The Morgan fingerprint density at radius 2 is 2.22 bits per heavy atom.